The van der Waals surface area contributed by atoms with E-state index in [4.69, 9.17) is 17.3 Å². The number of halogens is 1. The van der Waals surface area contributed by atoms with E-state index in [0.29, 0.717) is 18.0 Å². The molecule has 5 heteroatoms. The quantitative estimate of drug-likeness (QED) is 0.833. The van der Waals surface area contributed by atoms with Crippen LogP contribution in [0.25, 0.3) is 0 Å². The molecule has 0 aliphatic heterocycles. The van der Waals surface area contributed by atoms with E-state index in [0.717, 1.165) is 11.3 Å². The van der Waals surface area contributed by atoms with Crippen molar-refractivity contribution in [3.05, 3.63) is 34.9 Å². The van der Waals surface area contributed by atoms with Crippen molar-refractivity contribution in [2.75, 3.05) is 12.0 Å². The second-order valence-electron chi connectivity index (χ2n) is 3.74. The summed E-state index contributed by atoms with van der Waals surface area (Å²) in [5.41, 5.74) is 6.72. The molecule has 0 saturated heterocycles. The summed E-state index contributed by atoms with van der Waals surface area (Å²) < 4.78 is 0. The van der Waals surface area contributed by atoms with Crippen molar-refractivity contribution < 1.29 is 4.79 Å². The Kier molecular flexibility index (Phi) is 6.40. The molecule has 0 radical (unpaired) electrons. The highest BCUT2D eigenvalue weighted by Gasteiger charge is 2.11. The van der Waals surface area contributed by atoms with E-state index in [1.165, 1.54) is 0 Å². The average Bonchev–Trinajstić information content (AvgIpc) is 2.33. The molecular weight excluding hydrogens is 256 g/mol. The molecule has 17 heavy (non-hydrogen) atoms. The maximum atomic E-state index is 11.6. The Morgan fingerprint density at radius 3 is 3.00 bits per heavy atom. The van der Waals surface area contributed by atoms with Gasteiger partial charge in [-0.05, 0) is 36.1 Å². The fourth-order valence-corrected chi connectivity index (χ4v) is 2.05. The largest absolute Gasteiger partial charge is 0.351 e. The van der Waals surface area contributed by atoms with Gasteiger partial charge in [-0.1, -0.05) is 23.7 Å². The summed E-state index contributed by atoms with van der Waals surface area (Å²) >= 11 is 7.54. The zero-order valence-electron chi connectivity index (χ0n) is 9.78. The molecule has 0 spiro atoms. The van der Waals surface area contributed by atoms with Crippen molar-refractivity contribution in [1.29, 1.82) is 0 Å². The lowest BCUT2D eigenvalue weighted by Gasteiger charge is -2.11. The van der Waals surface area contributed by atoms with E-state index >= 15 is 0 Å². The van der Waals surface area contributed by atoms with E-state index in [-0.39, 0.29) is 5.91 Å². The number of benzene rings is 1. The third-order valence-electron chi connectivity index (χ3n) is 2.33. The first-order valence-electron chi connectivity index (χ1n) is 5.40. The van der Waals surface area contributed by atoms with Crippen LogP contribution in [0.2, 0.25) is 5.02 Å². The minimum atomic E-state index is -0.429. The summed E-state index contributed by atoms with van der Waals surface area (Å²) in [4.78, 5) is 11.6. The van der Waals surface area contributed by atoms with Crippen molar-refractivity contribution in [3.63, 3.8) is 0 Å². The lowest BCUT2D eigenvalue weighted by molar-refractivity contribution is -0.122. The van der Waals surface area contributed by atoms with Crippen LogP contribution in [0.4, 0.5) is 0 Å². The molecule has 3 N–H and O–H groups in total. The minimum Gasteiger partial charge on any atom is -0.351 e. The van der Waals surface area contributed by atoms with Gasteiger partial charge < -0.3 is 11.1 Å². The lowest BCUT2D eigenvalue weighted by atomic mass is 10.2. The van der Waals surface area contributed by atoms with E-state index in [1.54, 1.807) is 17.8 Å². The van der Waals surface area contributed by atoms with Crippen molar-refractivity contribution in [2.45, 2.75) is 19.0 Å². The standard InChI is InChI=1S/C12H17ClN2OS/c1-17-6-5-11(14)12(16)15-8-9-3-2-4-10(13)7-9/h2-4,7,11H,5-6,8,14H2,1H3,(H,15,16)/t11-/m1/s1. The van der Waals surface area contributed by atoms with E-state index in [2.05, 4.69) is 5.32 Å². The maximum absolute atomic E-state index is 11.6. The van der Waals surface area contributed by atoms with Gasteiger partial charge in [0, 0.05) is 11.6 Å². The second-order valence-corrected chi connectivity index (χ2v) is 5.16. The summed E-state index contributed by atoms with van der Waals surface area (Å²) in [5.74, 6) is 0.783. The normalized spacial score (nSPS) is 12.2. The van der Waals surface area contributed by atoms with Gasteiger partial charge >= 0.3 is 0 Å². The van der Waals surface area contributed by atoms with Gasteiger partial charge in [0.1, 0.15) is 0 Å². The molecule has 0 aliphatic carbocycles. The smallest absolute Gasteiger partial charge is 0.237 e. The Bertz CT molecular complexity index is 373. The highest BCUT2D eigenvalue weighted by atomic mass is 35.5. The molecule has 1 aromatic rings. The molecule has 0 fully saturated rings. The topological polar surface area (TPSA) is 55.1 Å². The predicted molar refractivity (Wildman–Crippen MR) is 74.3 cm³/mol. The third-order valence-corrected chi connectivity index (χ3v) is 3.20. The Balaban J connectivity index is 2.37. The molecule has 1 atom stereocenters. The van der Waals surface area contributed by atoms with Crippen LogP contribution in [0.5, 0.6) is 0 Å². The molecule has 0 saturated carbocycles. The van der Waals surface area contributed by atoms with Crippen LogP contribution >= 0.6 is 23.4 Å². The number of carbonyl (C=O) groups is 1. The third kappa shape index (κ3) is 5.44. The fourth-order valence-electron chi connectivity index (χ4n) is 1.34. The number of rotatable bonds is 6. The highest BCUT2D eigenvalue weighted by molar-refractivity contribution is 7.98. The Morgan fingerprint density at radius 2 is 2.35 bits per heavy atom. The Labute approximate surface area is 111 Å². The van der Waals surface area contributed by atoms with Crippen LogP contribution in [0.1, 0.15) is 12.0 Å². The minimum absolute atomic E-state index is 0.112. The van der Waals surface area contributed by atoms with Crippen LogP contribution in [0.15, 0.2) is 24.3 Å². The lowest BCUT2D eigenvalue weighted by Crippen LogP contribution is -2.40. The molecule has 0 bridgehead atoms. The van der Waals surface area contributed by atoms with Crippen molar-refractivity contribution >= 4 is 29.3 Å². The van der Waals surface area contributed by atoms with Crippen LogP contribution < -0.4 is 11.1 Å². The summed E-state index contributed by atoms with van der Waals surface area (Å²) in [5, 5.41) is 3.47. The molecule has 3 nitrogen and oxygen atoms in total. The van der Waals surface area contributed by atoms with Gasteiger partial charge in [-0.3, -0.25) is 4.79 Å². The fraction of sp³-hybridized carbons (Fsp3) is 0.417. The average molecular weight is 273 g/mol. The number of hydrogen-bond donors (Lipinski definition) is 2. The van der Waals surface area contributed by atoms with Gasteiger partial charge in [-0.2, -0.15) is 11.8 Å². The molecule has 0 aliphatic rings. The van der Waals surface area contributed by atoms with Gasteiger partial charge in [-0.15, -0.1) is 0 Å². The number of hydrogen-bond acceptors (Lipinski definition) is 3. The molecule has 0 aromatic heterocycles. The predicted octanol–water partition coefficient (Wildman–Crippen LogP) is 2.04. The number of thioether (sulfide) groups is 1. The Hall–Kier alpha value is -0.710. The maximum Gasteiger partial charge on any atom is 0.237 e. The monoisotopic (exact) mass is 272 g/mol. The van der Waals surface area contributed by atoms with Gasteiger partial charge in [0.15, 0.2) is 0 Å². The van der Waals surface area contributed by atoms with Gasteiger partial charge in [-0.25, -0.2) is 0 Å². The first kappa shape index (κ1) is 14.4. The molecule has 0 heterocycles. The second kappa shape index (κ2) is 7.58. The zero-order valence-corrected chi connectivity index (χ0v) is 11.4. The number of nitrogens with one attached hydrogen (secondary N) is 1. The number of nitrogens with two attached hydrogens (primary N) is 1. The van der Waals surface area contributed by atoms with Crippen LogP contribution in [-0.2, 0) is 11.3 Å². The molecule has 1 amide bonds. The SMILES string of the molecule is CSCC[C@@H](N)C(=O)NCc1cccc(Cl)c1. The first-order chi connectivity index (χ1) is 8.13. The van der Waals surface area contributed by atoms with E-state index in [1.807, 2.05) is 24.5 Å². The molecule has 1 rings (SSSR count). The summed E-state index contributed by atoms with van der Waals surface area (Å²) in [6.45, 7) is 0.465. The van der Waals surface area contributed by atoms with Crippen LogP contribution in [0.3, 0.4) is 0 Å². The van der Waals surface area contributed by atoms with Crippen molar-refractivity contribution in [3.8, 4) is 0 Å². The molecular formula is C12H17ClN2OS. The summed E-state index contributed by atoms with van der Waals surface area (Å²) in [6, 6.07) is 6.98. The molecule has 1 aromatic carbocycles. The van der Waals surface area contributed by atoms with E-state index < -0.39 is 6.04 Å². The first-order valence-corrected chi connectivity index (χ1v) is 7.17. The molecule has 94 valence electrons. The van der Waals surface area contributed by atoms with Gasteiger partial charge in [0.05, 0.1) is 6.04 Å². The van der Waals surface area contributed by atoms with Crippen molar-refractivity contribution in [1.82, 2.24) is 5.32 Å². The van der Waals surface area contributed by atoms with E-state index in [9.17, 15) is 4.79 Å². The van der Waals surface area contributed by atoms with Gasteiger partial charge in [0.2, 0.25) is 5.91 Å². The summed E-state index contributed by atoms with van der Waals surface area (Å²) in [7, 11) is 0. The molecule has 0 unspecified atom stereocenters. The van der Waals surface area contributed by atoms with Crippen LogP contribution in [0, 0.1) is 0 Å². The highest BCUT2D eigenvalue weighted by Crippen LogP contribution is 2.10. The number of amides is 1. The number of carbonyl (C=O) groups excluding carboxylic acids is 1. The zero-order chi connectivity index (χ0) is 12.7. The Morgan fingerprint density at radius 1 is 1.59 bits per heavy atom. The summed E-state index contributed by atoms with van der Waals surface area (Å²) in [6.07, 6.45) is 2.69. The van der Waals surface area contributed by atoms with Crippen LogP contribution in [-0.4, -0.2) is 24.0 Å². The van der Waals surface area contributed by atoms with Gasteiger partial charge in [0.25, 0.3) is 0 Å². The van der Waals surface area contributed by atoms with Crippen molar-refractivity contribution in [2.24, 2.45) is 5.73 Å².